The predicted octanol–water partition coefficient (Wildman–Crippen LogP) is 1.23. The van der Waals surface area contributed by atoms with E-state index in [9.17, 15) is 9.59 Å². The van der Waals surface area contributed by atoms with Crippen LogP contribution in [-0.4, -0.2) is 47.1 Å². The van der Waals surface area contributed by atoms with E-state index < -0.39 is 5.97 Å². The number of hydrogen-bond donors (Lipinski definition) is 3. The lowest BCUT2D eigenvalue weighted by molar-refractivity contribution is -0.143. The van der Waals surface area contributed by atoms with E-state index in [1.54, 1.807) is 11.8 Å². The zero-order chi connectivity index (χ0) is 14.4. The zero-order valence-electron chi connectivity index (χ0n) is 11.8. The summed E-state index contributed by atoms with van der Waals surface area (Å²) in [7, 11) is 0. The molecule has 1 saturated heterocycles. The van der Waals surface area contributed by atoms with Crippen LogP contribution < -0.4 is 10.6 Å². The predicted molar refractivity (Wildman–Crippen MR) is 79.9 cm³/mol. The Balaban J connectivity index is 1.66. The number of piperidine rings is 1. The van der Waals surface area contributed by atoms with Gasteiger partial charge < -0.3 is 15.7 Å². The van der Waals surface area contributed by atoms with E-state index in [0.717, 1.165) is 45.2 Å². The fourth-order valence-corrected chi connectivity index (χ4v) is 4.01. The summed E-state index contributed by atoms with van der Waals surface area (Å²) < 4.78 is 0. The Labute approximate surface area is 124 Å². The molecule has 2 atom stereocenters. The number of thioether (sulfide) groups is 1. The Hall–Kier alpha value is -0.750. The maximum Gasteiger partial charge on any atom is 0.306 e. The molecule has 1 heterocycles. The van der Waals surface area contributed by atoms with Crippen molar-refractivity contribution in [2.45, 2.75) is 49.8 Å². The minimum absolute atomic E-state index is 0.0472. The monoisotopic (exact) mass is 300 g/mol. The van der Waals surface area contributed by atoms with Crippen molar-refractivity contribution in [2.24, 2.45) is 5.92 Å². The summed E-state index contributed by atoms with van der Waals surface area (Å²) >= 11 is 1.73. The number of hydrogen-bond acceptors (Lipinski definition) is 4. The van der Waals surface area contributed by atoms with Crippen LogP contribution in [0.25, 0.3) is 0 Å². The normalized spacial score (nSPS) is 28.0. The lowest BCUT2D eigenvalue weighted by Gasteiger charge is -2.27. The van der Waals surface area contributed by atoms with E-state index in [1.807, 2.05) is 0 Å². The van der Waals surface area contributed by atoms with Gasteiger partial charge in [0.15, 0.2) is 0 Å². The third kappa shape index (κ3) is 4.98. The lowest BCUT2D eigenvalue weighted by Crippen LogP contribution is -2.41. The SMILES string of the molecule is O=C(CSC1CCNCC1)NC1CCCC(C(=O)O)C1. The molecule has 0 radical (unpaired) electrons. The first kappa shape index (κ1) is 15.6. The molecule has 1 saturated carbocycles. The van der Waals surface area contributed by atoms with Gasteiger partial charge >= 0.3 is 5.97 Å². The van der Waals surface area contributed by atoms with Gasteiger partial charge in [-0.15, -0.1) is 11.8 Å². The first-order valence-corrected chi connectivity index (χ1v) is 8.54. The fourth-order valence-electron chi connectivity index (χ4n) is 2.97. The third-order valence-corrected chi connectivity index (χ3v) is 5.50. The highest BCUT2D eigenvalue weighted by molar-refractivity contribution is 8.00. The fraction of sp³-hybridized carbons (Fsp3) is 0.857. The molecular weight excluding hydrogens is 276 g/mol. The first-order valence-electron chi connectivity index (χ1n) is 7.49. The Morgan fingerprint density at radius 3 is 2.65 bits per heavy atom. The molecule has 3 N–H and O–H groups in total. The van der Waals surface area contributed by atoms with Crippen molar-refractivity contribution in [1.82, 2.24) is 10.6 Å². The second kappa shape index (κ2) is 7.88. The molecule has 20 heavy (non-hydrogen) atoms. The van der Waals surface area contributed by atoms with Crippen LogP contribution in [0.15, 0.2) is 0 Å². The molecule has 0 aromatic rings. The van der Waals surface area contributed by atoms with E-state index in [0.29, 0.717) is 17.4 Å². The number of carboxylic acids is 1. The number of carbonyl (C=O) groups is 2. The van der Waals surface area contributed by atoms with Gasteiger partial charge in [-0.3, -0.25) is 9.59 Å². The quantitative estimate of drug-likeness (QED) is 0.712. The summed E-state index contributed by atoms with van der Waals surface area (Å²) in [6.07, 6.45) is 5.38. The standard InChI is InChI=1S/C14H24N2O3S/c17-13(9-20-12-4-6-15-7-5-12)16-11-3-1-2-10(8-11)14(18)19/h10-12,15H,1-9H2,(H,16,17)(H,18,19). The van der Waals surface area contributed by atoms with E-state index >= 15 is 0 Å². The van der Waals surface area contributed by atoms with E-state index in [1.165, 1.54) is 0 Å². The topological polar surface area (TPSA) is 78.4 Å². The lowest BCUT2D eigenvalue weighted by atomic mass is 9.86. The van der Waals surface area contributed by atoms with Crippen LogP contribution in [0.3, 0.4) is 0 Å². The van der Waals surface area contributed by atoms with Gasteiger partial charge in [-0.05, 0) is 45.2 Å². The van der Waals surface area contributed by atoms with Crippen LogP contribution in [-0.2, 0) is 9.59 Å². The molecule has 1 aliphatic heterocycles. The summed E-state index contributed by atoms with van der Waals surface area (Å²) in [5.41, 5.74) is 0. The Kier molecular flexibility index (Phi) is 6.16. The van der Waals surface area contributed by atoms with Crippen molar-refractivity contribution in [1.29, 1.82) is 0 Å². The summed E-state index contributed by atoms with van der Waals surface area (Å²) in [5, 5.41) is 15.9. The molecule has 0 aromatic carbocycles. The highest BCUT2D eigenvalue weighted by Crippen LogP contribution is 2.25. The molecular formula is C14H24N2O3S. The van der Waals surface area contributed by atoms with Crippen molar-refractivity contribution in [3.63, 3.8) is 0 Å². The molecule has 1 aliphatic carbocycles. The highest BCUT2D eigenvalue weighted by Gasteiger charge is 2.27. The van der Waals surface area contributed by atoms with Crippen LogP contribution in [0.4, 0.5) is 0 Å². The number of carboxylic acid groups (broad SMARTS) is 1. The maximum absolute atomic E-state index is 11.9. The van der Waals surface area contributed by atoms with Gasteiger partial charge in [-0.2, -0.15) is 0 Å². The van der Waals surface area contributed by atoms with E-state index in [2.05, 4.69) is 10.6 Å². The number of carbonyl (C=O) groups excluding carboxylic acids is 1. The molecule has 114 valence electrons. The molecule has 0 aromatic heterocycles. The average molecular weight is 300 g/mol. The smallest absolute Gasteiger partial charge is 0.306 e. The second-order valence-electron chi connectivity index (χ2n) is 5.73. The average Bonchev–Trinajstić information content (AvgIpc) is 2.46. The van der Waals surface area contributed by atoms with Crippen LogP contribution in [0, 0.1) is 5.92 Å². The molecule has 2 rings (SSSR count). The van der Waals surface area contributed by atoms with Crippen LogP contribution >= 0.6 is 11.8 Å². The molecule has 0 spiro atoms. The van der Waals surface area contributed by atoms with Crippen molar-refractivity contribution in [3.8, 4) is 0 Å². The van der Waals surface area contributed by atoms with Crippen LogP contribution in [0.2, 0.25) is 0 Å². The molecule has 5 nitrogen and oxygen atoms in total. The Morgan fingerprint density at radius 2 is 1.95 bits per heavy atom. The van der Waals surface area contributed by atoms with Crippen molar-refractivity contribution in [2.75, 3.05) is 18.8 Å². The van der Waals surface area contributed by atoms with Gasteiger partial charge in [0.25, 0.3) is 0 Å². The molecule has 2 aliphatic rings. The zero-order valence-corrected chi connectivity index (χ0v) is 12.6. The largest absolute Gasteiger partial charge is 0.481 e. The van der Waals surface area contributed by atoms with E-state index in [4.69, 9.17) is 5.11 Å². The molecule has 2 unspecified atom stereocenters. The highest BCUT2D eigenvalue weighted by atomic mass is 32.2. The molecule has 6 heteroatoms. The Bertz CT molecular complexity index is 345. The molecule has 0 bridgehead atoms. The van der Waals surface area contributed by atoms with Gasteiger partial charge in [0, 0.05) is 11.3 Å². The van der Waals surface area contributed by atoms with Gasteiger partial charge in [0.1, 0.15) is 0 Å². The number of nitrogens with one attached hydrogen (secondary N) is 2. The van der Waals surface area contributed by atoms with Crippen LogP contribution in [0.1, 0.15) is 38.5 Å². The second-order valence-corrected chi connectivity index (χ2v) is 7.02. The van der Waals surface area contributed by atoms with Gasteiger partial charge in [0.05, 0.1) is 11.7 Å². The van der Waals surface area contributed by atoms with Gasteiger partial charge in [0.2, 0.25) is 5.91 Å². The van der Waals surface area contributed by atoms with Crippen molar-refractivity contribution in [3.05, 3.63) is 0 Å². The molecule has 2 fully saturated rings. The summed E-state index contributed by atoms with van der Waals surface area (Å²) in [4.78, 5) is 22.9. The molecule has 1 amide bonds. The summed E-state index contributed by atoms with van der Waals surface area (Å²) in [6, 6.07) is 0.0472. The van der Waals surface area contributed by atoms with Crippen molar-refractivity contribution < 1.29 is 14.7 Å². The first-order chi connectivity index (χ1) is 9.65. The van der Waals surface area contributed by atoms with Gasteiger partial charge in [-0.25, -0.2) is 0 Å². The number of aliphatic carboxylic acids is 1. The summed E-state index contributed by atoms with van der Waals surface area (Å²) in [6.45, 7) is 2.09. The van der Waals surface area contributed by atoms with E-state index in [-0.39, 0.29) is 17.9 Å². The number of rotatable bonds is 5. The Morgan fingerprint density at radius 1 is 1.20 bits per heavy atom. The van der Waals surface area contributed by atoms with Crippen LogP contribution in [0.5, 0.6) is 0 Å². The third-order valence-electron chi connectivity index (χ3n) is 4.12. The van der Waals surface area contributed by atoms with Crippen molar-refractivity contribution >= 4 is 23.6 Å². The minimum atomic E-state index is -0.729. The maximum atomic E-state index is 11.9. The number of amides is 1. The summed E-state index contributed by atoms with van der Waals surface area (Å²) in [5.74, 6) is -0.456. The van der Waals surface area contributed by atoms with Gasteiger partial charge in [-0.1, -0.05) is 6.42 Å². The minimum Gasteiger partial charge on any atom is -0.481 e.